The van der Waals surface area contributed by atoms with Crippen LogP contribution in [0.25, 0.3) is 0 Å². The molecule has 0 unspecified atom stereocenters. The van der Waals surface area contributed by atoms with Crippen LogP contribution in [0.5, 0.6) is 0 Å². The average molecular weight is 295 g/mol. The summed E-state index contributed by atoms with van der Waals surface area (Å²) in [5.74, 6) is -0.00664. The molecule has 5 heteroatoms. The van der Waals surface area contributed by atoms with Gasteiger partial charge in [0.05, 0.1) is 18.7 Å². The zero-order valence-corrected chi connectivity index (χ0v) is 12.4. The van der Waals surface area contributed by atoms with Gasteiger partial charge in [0.2, 0.25) is 5.91 Å². The Balaban J connectivity index is 1.86. The van der Waals surface area contributed by atoms with Crippen molar-refractivity contribution in [2.24, 2.45) is 0 Å². The molecule has 1 aromatic carbocycles. The zero-order valence-electron chi connectivity index (χ0n) is 10.9. The third-order valence-corrected chi connectivity index (χ3v) is 4.11. The molecule has 2 rings (SSSR count). The van der Waals surface area contributed by atoms with Crippen molar-refractivity contribution in [3.8, 4) is 0 Å². The summed E-state index contributed by atoms with van der Waals surface area (Å²) in [5.41, 5.74) is 1.99. The van der Waals surface area contributed by atoms with Crippen LogP contribution >= 0.6 is 22.9 Å². The third kappa shape index (κ3) is 4.04. The van der Waals surface area contributed by atoms with Gasteiger partial charge in [-0.05, 0) is 31.5 Å². The van der Waals surface area contributed by atoms with Crippen molar-refractivity contribution in [1.82, 2.24) is 10.3 Å². The summed E-state index contributed by atoms with van der Waals surface area (Å²) >= 11 is 7.42. The SMILES string of the molecule is Cc1nc(CNC(=O)Cc2ccc(Cl)cc2)sc1C. The number of carbonyl (C=O) groups is 1. The Morgan fingerprint density at radius 1 is 1.32 bits per heavy atom. The van der Waals surface area contributed by atoms with Gasteiger partial charge in [0.1, 0.15) is 5.01 Å². The van der Waals surface area contributed by atoms with Gasteiger partial charge in [-0.3, -0.25) is 4.79 Å². The molecule has 0 bridgehead atoms. The van der Waals surface area contributed by atoms with Crippen molar-refractivity contribution in [1.29, 1.82) is 0 Å². The van der Waals surface area contributed by atoms with E-state index < -0.39 is 0 Å². The van der Waals surface area contributed by atoms with E-state index in [9.17, 15) is 4.79 Å². The van der Waals surface area contributed by atoms with Crippen LogP contribution < -0.4 is 5.32 Å². The van der Waals surface area contributed by atoms with Crippen molar-refractivity contribution in [2.75, 3.05) is 0 Å². The van der Waals surface area contributed by atoms with E-state index in [0.29, 0.717) is 18.0 Å². The highest BCUT2D eigenvalue weighted by Crippen LogP contribution is 2.16. The molecule has 0 aliphatic rings. The molecule has 0 saturated heterocycles. The Morgan fingerprint density at radius 2 is 2.00 bits per heavy atom. The number of benzene rings is 1. The number of amides is 1. The van der Waals surface area contributed by atoms with E-state index in [2.05, 4.69) is 10.3 Å². The second-order valence-electron chi connectivity index (χ2n) is 4.33. The minimum atomic E-state index is -0.00664. The van der Waals surface area contributed by atoms with Gasteiger partial charge in [-0.2, -0.15) is 0 Å². The number of aromatic nitrogens is 1. The third-order valence-electron chi connectivity index (χ3n) is 2.79. The molecule has 0 aliphatic heterocycles. The summed E-state index contributed by atoms with van der Waals surface area (Å²) in [6, 6.07) is 7.30. The smallest absolute Gasteiger partial charge is 0.224 e. The average Bonchev–Trinajstić information content (AvgIpc) is 2.69. The van der Waals surface area contributed by atoms with Gasteiger partial charge >= 0.3 is 0 Å². The molecule has 0 spiro atoms. The van der Waals surface area contributed by atoms with Gasteiger partial charge in [-0.1, -0.05) is 23.7 Å². The predicted octanol–water partition coefficient (Wildman–Crippen LogP) is 3.27. The van der Waals surface area contributed by atoms with Gasteiger partial charge in [-0.15, -0.1) is 11.3 Å². The number of halogens is 1. The summed E-state index contributed by atoms with van der Waals surface area (Å²) in [6.45, 7) is 4.50. The van der Waals surface area contributed by atoms with E-state index in [-0.39, 0.29) is 5.91 Å². The molecule has 1 N–H and O–H groups in total. The first-order valence-electron chi connectivity index (χ1n) is 5.98. The maximum Gasteiger partial charge on any atom is 0.224 e. The molecule has 1 heterocycles. The van der Waals surface area contributed by atoms with Gasteiger partial charge in [0.25, 0.3) is 0 Å². The summed E-state index contributed by atoms with van der Waals surface area (Å²) < 4.78 is 0. The first-order valence-corrected chi connectivity index (χ1v) is 7.18. The van der Waals surface area contributed by atoms with Crippen LogP contribution in [0, 0.1) is 13.8 Å². The standard InChI is InChI=1S/C14H15ClN2OS/c1-9-10(2)19-14(17-9)8-16-13(18)7-11-3-5-12(15)6-4-11/h3-6H,7-8H2,1-2H3,(H,16,18). The van der Waals surface area contributed by atoms with Crippen LogP contribution in [-0.2, 0) is 17.8 Å². The first kappa shape index (κ1) is 14.0. The van der Waals surface area contributed by atoms with Gasteiger partial charge in [0, 0.05) is 9.90 Å². The van der Waals surface area contributed by atoms with E-state index in [0.717, 1.165) is 16.3 Å². The van der Waals surface area contributed by atoms with Crippen LogP contribution in [0.4, 0.5) is 0 Å². The molecule has 19 heavy (non-hydrogen) atoms. The van der Waals surface area contributed by atoms with E-state index in [4.69, 9.17) is 11.6 Å². The van der Waals surface area contributed by atoms with Crippen LogP contribution in [0.2, 0.25) is 5.02 Å². The normalized spacial score (nSPS) is 10.5. The number of nitrogens with one attached hydrogen (secondary N) is 1. The molecule has 0 aliphatic carbocycles. The summed E-state index contributed by atoms with van der Waals surface area (Å²) in [5, 5.41) is 4.50. The topological polar surface area (TPSA) is 42.0 Å². The molecule has 1 amide bonds. The van der Waals surface area contributed by atoms with Crippen molar-refractivity contribution < 1.29 is 4.79 Å². The van der Waals surface area contributed by atoms with Crippen molar-refractivity contribution >= 4 is 28.8 Å². The number of rotatable bonds is 4. The summed E-state index contributed by atoms with van der Waals surface area (Å²) in [7, 11) is 0. The van der Waals surface area contributed by atoms with Gasteiger partial charge in [-0.25, -0.2) is 4.98 Å². The van der Waals surface area contributed by atoms with Crippen molar-refractivity contribution in [3.63, 3.8) is 0 Å². The quantitative estimate of drug-likeness (QED) is 0.940. The van der Waals surface area contributed by atoms with E-state index >= 15 is 0 Å². The number of nitrogens with zero attached hydrogens (tertiary/aromatic N) is 1. The Kier molecular flexibility index (Phi) is 4.56. The Bertz CT molecular complexity index is 558. The van der Waals surface area contributed by atoms with Crippen LogP contribution in [0.15, 0.2) is 24.3 Å². The number of carbonyl (C=O) groups excluding carboxylic acids is 1. The maximum atomic E-state index is 11.8. The second kappa shape index (κ2) is 6.17. The molecule has 0 saturated carbocycles. The Hall–Kier alpha value is -1.39. The van der Waals surface area contributed by atoms with E-state index in [1.807, 2.05) is 26.0 Å². The van der Waals surface area contributed by atoms with E-state index in [1.54, 1.807) is 23.5 Å². The lowest BCUT2D eigenvalue weighted by atomic mass is 10.1. The highest BCUT2D eigenvalue weighted by molar-refractivity contribution is 7.11. The number of thiazole rings is 1. The van der Waals surface area contributed by atoms with Crippen molar-refractivity contribution in [2.45, 2.75) is 26.8 Å². The largest absolute Gasteiger partial charge is 0.349 e. The number of aryl methyl sites for hydroxylation is 2. The minimum absolute atomic E-state index is 0.00664. The Morgan fingerprint density at radius 3 is 2.58 bits per heavy atom. The number of hydrogen-bond acceptors (Lipinski definition) is 3. The van der Waals surface area contributed by atoms with Crippen molar-refractivity contribution in [3.05, 3.63) is 50.4 Å². The van der Waals surface area contributed by atoms with E-state index in [1.165, 1.54) is 4.88 Å². The minimum Gasteiger partial charge on any atom is -0.349 e. The lowest BCUT2D eigenvalue weighted by molar-refractivity contribution is -0.120. The fourth-order valence-corrected chi connectivity index (χ4v) is 2.64. The lowest BCUT2D eigenvalue weighted by Crippen LogP contribution is -2.24. The maximum absolute atomic E-state index is 11.8. The first-order chi connectivity index (χ1) is 9.04. The number of hydrogen-bond donors (Lipinski definition) is 1. The molecule has 2 aromatic rings. The molecule has 0 radical (unpaired) electrons. The van der Waals surface area contributed by atoms with Gasteiger partial charge < -0.3 is 5.32 Å². The second-order valence-corrected chi connectivity index (χ2v) is 6.05. The fourth-order valence-electron chi connectivity index (χ4n) is 1.64. The molecule has 100 valence electrons. The zero-order chi connectivity index (χ0) is 13.8. The highest BCUT2D eigenvalue weighted by atomic mass is 35.5. The molecule has 1 aromatic heterocycles. The fraction of sp³-hybridized carbons (Fsp3) is 0.286. The summed E-state index contributed by atoms with van der Waals surface area (Å²) in [4.78, 5) is 17.4. The molecule has 3 nitrogen and oxygen atoms in total. The lowest BCUT2D eigenvalue weighted by Gasteiger charge is -2.03. The summed E-state index contributed by atoms with van der Waals surface area (Å²) in [6.07, 6.45) is 0.362. The molecular formula is C14H15ClN2OS. The molecule has 0 fully saturated rings. The van der Waals surface area contributed by atoms with Gasteiger partial charge in [0.15, 0.2) is 0 Å². The van der Waals surface area contributed by atoms with Crippen LogP contribution in [-0.4, -0.2) is 10.9 Å². The van der Waals surface area contributed by atoms with Crippen LogP contribution in [0.3, 0.4) is 0 Å². The monoisotopic (exact) mass is 294 g/mol. The predicted molar refractivity (Wildman–Crippen MR) is 78.6 cm³/mol. The Labute approximate surface area is 121 Å². The molecular weight excluding hydrogens is 280 g/mol. The molecule has 0 atom stereocenters. The van der Waals surface area contributed by atoms with Crippen LogP contribution in [0.1, 0.15) is 21.1 Å². The highest BCUT2D eigenvalue weighted by Gasteiger charge is 2.07.